The first-order valence-corrected chi connectivity index (χ1v) is 8.95. The number of hydrogen-bond donors (Lipinski definition) is 1. The van der Waals surface area contributed by atoms with Crippen LogP contribution in [0.5, 0.6) is 0 Å². The highest BCUT2D eigenvalue weighted by atomic mass is 79.9. The zero-order valence-electron chi connectivity index (χ0n) is 12.1. The van der Waals surface area contributed by atoms with Crippen LogP contribution >= 0.6 is 27.3 Å². The lowest BCUT2D eigenvalue weighted by Gasteiger charge is -2.06. The number of carbonyl (C=O) groups excluding carboxylic acids is 1. The Labute approximate surface area is 142 Å². The molecule has 0 spiro atoms. The van der Waals surface area contributed by atoms with Gasteiger partial charge in [-0.2, -0.15) is 0 Å². The molecule has 114 valence electrons. The van der Waals surface area contributed by atoms with Crippen molar-refractivity contribution in [3.8, 4) is 0 Å². The SMILES string of the molecule is O=C(CC1C=CCC1)Nc1ncc(Cc2ccc(Br)cc2)s1. The van der Waals surface area contributed by atoms with Crippen molar-refractivity contribution in [2.75, 3.05) is 5.32 Å². The van der Waals surface area contributed by atoms with E-state index in [-0.39, 0.29) is 5.91 Å². The maximum absolute atomic E-state index is 12.0. The first kappa shape index (κ1) is 15.4. The lowest BCUT2D eigenvalue weighted by Crippen LogP contribution is -2.14. The molecule has 2 aromatic rings. The topological polar surface area (TPSA) is 42.0 Å². The van der Waals surface area contributed by atoms with Crippen molar-refractivity contribution in [3.05, 3.63) is 57.5 Å². The number of benzene rings is 1. The molecule has 22 heavy (non-hydrogen) atoms. The smallest absolute Gasteiger partial charge is 0.226 e. The average molecular weight is 377 g/mol. The predicted molar refractivity (Wildman–Crippen MR) is 94.2 cm³/mol. The van der Waals surface area contributed by atoms with E-state index in [2.05, 4.69) is 50.5 Å². The number of amides is 1. The number of nitrogens with zero attached hydrogens (tertiary/aromatic N) is 1. The molecule has 1 aliphatic carbocycles. The summed E-state index contributed by atoms with van der Waals surface area (Å²) in [5.74, 6) is 0.447. The number of aromatic nitrogens is 1. The molecule has 0 fully saturated rings. The van der Waals surface area contributed by atoms with Gasteiger partial charge in [-0.05, 0) is 36.5 Å². The summed E-state index contributed by atoms with van der Waals surface area (Å²) in [5, 5.41) is 3.60. The second kappa shape index (κ2) is 7.20. The van der Waals surface area contributed by atoms with Gasteiger partial charge in [0.2, 0.25) is 5.91 Å². The second-order valence-electron chi connectivity index (χ2n) is 5.45. The number of halogens is 1. The van der Waals surface area contributed by atoms with Gasteiger partial charge in [0.25, 0.3) is 0 Å². The van der Waals surface area contributed by atoms with Gasteiger partial charge in [-0.3, -0.25) is 4.79 Å². The van der Waals surface area contributed by atoms with E-state index in [0.717, 1.165) is 28.6 Å². The molecule has 0 saturated heterocycles. The minimum atomic E-state index is 0.0566. The van der Waals surface area contributed by atoms with Crippen LogP contribution < -0.4 is 5.32 Å². The first-order chi connectivity index (χ1) is 10.7. The fraction of sp³-hybridized carbons (Fsp3) is 0.294. The Morgan fingerprint density at radius 2 is 2.18 bits per heavy atom. The third kappa shape index (κ3) is 4.27. The van der Waals surface area contributed by atoms with Crippen LogP contribution in [-0.2, 0) is 11.2 Å². The van der Waals surface area contributed by atoms with Crippen LogP contribution in [0.1, 0.15) is 29.7 Å². The molecular weight excluding hydrogens is 360 g/mol. The summed E-state index contributed by atoms with van der Waals surface area (Å²) >= 11 is 4.98. The molecule has 1 heterocycles. The lowest BCUT2D eigenvalue weighted by molar-refractivity contribution is -0.116. The molecule has 1 atom stereocenters. The Morgan fingerprint density at radius 3 is 2.91 bits per heavy atom. The van der Waals surface area contributed by atoms with Crippen LogP contribution in [0.15, 0.2) is 47.1 Å². The predicted octanol–water partition coefficient (Wildman–Crippen LogP) is 4.79. The van der Waals surface area contributed by atoms with Gasteiger partial charge in [0.1, 0.15) is 0 Å². The zero-order valence-corrected chi connectivity index (χ0v) is 14.5. The quantitative estimate of drug-likeness (QED) is 0.762. The van der Waals surface area contributed by atoms with Gasteiger partial charge >= 0.3 is 0 Å². The van der Waals surface area contributed by atoms with Gasteiger partial charge in [0.05, 0.1) is 0 Å². The molecular formula is C17H17BrN2OS. The number of carbonyl (C=O) groups is 1. The fourth-order valence-electron chi connectivity index (χ4n) is 2.52. The third-order valence-corrected chi connectivity index (χ3v) is 5.09. The Hall–Kier alpha value is -1.46. The van der Waals surface area contributed by atoms with Gasteiger partial charge in [-0.1, -0.05) is 40.2 Å². The molecule has 1 amide bonds. The van der Waals surface area contributed by atoms with E-state index in [4.69, 9.17) is 0 Å². The summed E-state index contributed by atoms with van der Waals surface area (Å²) in [6.45, 7) is 0. The molecule has 0 saturated carbocycles. The number of hydrogen-bond acceptors (Lipinski definition) is 3. The van der Waals surface area contributed by atoms with Gasteiger partial charge < -0.3 is 5.32 Å². The first-order valence-electron chi connectivity index (χ1n) is 7.35. The normalized spacial score (nSPS) is 16.9. The summed E-state index contributed by atoms with van der Waals surface area (Å²) in [4.78, 5) is 17.4. The second-order valence-corrected chi connectivity index (χ2v) is 7.48. The summed E-state index contributed by atoms with van der Waals surface area (Å²) in [6, 6.07) is 8.26. The summed E-state index contributed by atoms with van der Waals surface area (Å²) in [7, 11) is 0. The largest absolute Gasteiger partial charge is 0.302 e. The Balaban J connectivity index is 1.55. The van der Waals surface area contributed by atoms with Crippen molar-refractivity contribution < 1.29 is 4.79 Å². The molecule has 1 unspecified atom stereocenters. The Kier molecular flexibility index (Phi) is 5.05. The minimum absolute atomic E-state index is 0.0566. The summed E-state index contributed by atoms with van der Waals surface area (Å²) < 4.78 is 1.08. The number of rotatable bonds is 5. The van der Waals surface area contributed by atoms with Crippen molar-refractivity contribution in [2.45, 2.75) is 25.7 Å². The number of nitrogens with one attached hydrogen (secondary N) is 1. The van der Waals surface area contributed by atoms with E-state index in [0.29, 0.717) is 17.5 Å². The standard InChI is InChI=1S/C17H17BrN2OS/c18-14-7-5-13(6-8-14)9-15-11-19-17(22-15)20-16(21)10-12-3-1-2-4-12/h1,3,5-8,11-12H,2,4,9-10H2,(H,19,20,21). The highest BCUT2D eigenvalue weighted by Gasteiger charge is 2.15. The van der Waals surface area contributed by atoms with Crippen molar-refractivity contribution in [3.63, 3.8) is 0 Å². The van der Waals surface area contributed by atoms with Gasteiger partial charge in [-0.15, -0.1) is 11.3 Å². The molecule has 1 aromatic heterocycles. The van der Waals surface area contributed by atoms with Crippen molar-refractivity contribution in [1.29, 1.82) is 0 Å². The molecule has 3 nitrogen and oxygen atoms in total. The van der Waals surface area contributed by atoms with E-state index < -0.39 is 0 Å². The Morgan fingerprint density at radius 1 is 1.36 bits per heavy atom. The van der Waals surface area contributed by atoms with Crippen LogP contribution in [0.4, 0.5) is 5.13 Å². The van der Waals surface area contributed by atoms with E-state index in [1.165, 1.54) is 5.56 Å². The number of allylic oxidation sites excluding steroid dienone is 2. The van der Waals surface area contributed by atoms with Crippen LogP contribution in [0.2, 0.25) is 0 Å². The van der Waals surface area contributed by atoms with Gasteiger partial charge in [-0.25, -0.2) is 4.98 Å². The molecule has 3 rings (SSSR count). The molecule has 5 heteroatoms. The summed E-state index contributed by atoms with van der Waals surface area (Å²) in [5.41, 5.74) is 1.24. The average Bonchev–Trinajstić information content (AvgIpc) is 3.14. The molecule has 0 bridgehead atoms. The molecule has 1 aliphatic rings. The molecule has 1 aromatic carbocycles. The van der Waals surface area contributed by atoms with Gasteiger partial charge in [0.15, 0.2) is 5.13 Å². The fourth-order valence-corrected chi connectivity index (χ4v) is 3.65. The molecule has 0 radical (unpaired) electrons. The van der Waals surface area contributed by atoms with E-state index >= 15 is 0 Å². The van der Waals surface area contributed by atoms with Crippen LogP contribution in [-0.4, -0.2) is 10.9 Å². The maximum Gasteiger partial charge on any atom is 0.226 e. The number of thiazole rings is 1. The monoisotopic (exact) mass is 376 g/mol. The van der Waals surface area contributed by atoms with Crippen molar-refractivity contribution in [1.82, 2.24) is 4.98 Å². The van der Waals surface area contributed by atoms with Crippen molar-refractivity contribution >= 4 is 38.3 Å². The minimum Gasteiger partial charge on any atom is -0.302 e. The Bertz CT molecular complexity index is 678. The van der Waals surface area contributed by atoms with E-state index in [1.54, 1.807) is 11.3 Å². The lowest BCUT2D eigenvalue weighted by atomic mass is 10.1. The van der Waals surface area contributed by atoms with Crippen LogP contribution in [0, 0.1) is 5.92 Å². The van der Waals surface area contributed by atoms with Crippen LogP contribution in [0.25, 0.3) is 0 Å². The van der Waals surface area contributed by atoms with E-state index in [9.17, 15) is 4.79 Å². The third-order valence-electron chi connectivity index (χ3n) is 3.65. The van der Waals surface area contributed by atoms with Crippen LogP contribution in [0.3, 0.4) is 0 Å². The van der Waals surface area contributed by atoms with E-state index in [1.807, 2.05) is 18.3 Å². The highest BCUT2D eigenvalue weighted by molar-refractivity contribution is 9.10. The number of anilines is 1. The zero-order chi connectivity index (χ0) is 15.4. The maximum atomic E-state index is 12.0. The molecule has 0 aliphatic heterocycles. The molecule has 1 N–H and O–H groups in total. The highest BCUT2D eigenvalue weighted by Crippen LogP contribution is 2.24. The van der Waals surface area contributed by atoms with Crippen molar-refractivity contribution in [2.24, 2.45) is 5.92 Å². The summed E-state index contributed by atoms with van der Waals surface area (Å²) in [6.07, 6.45) is 9.70. The van der Waals surface area contributed by atoms with Gasteiger partial charge in [0, 0.05) is 28.4 Å².